The van der Waals surface area contributed by atoms with Crippen LogP contribution >= 0.6 is 0 Å². The van der Waals surface area contributed by atoms with Crippen molar-refractivity contribution in [2.24, 2.45) is 0 Å². The summed E-state index contributed by atoms with van der Waals surface area (Å²) >= 11 is 0. The van der Waals surface area contributed by atoms with E-state index in [1.165, 1.54) is 6.07 Å². The van der Waals surface area contributed by atoms with Gasteiger partial charge in [0.2, 0.25) is 5.88 Å². The molecule has 0 spiro atoms. The molecule has 0 unspecified atom stereocenters. The molecule has 0 amide bonds. The number of aromatic amines is 2. The van der Waals surface area contributed by atoms with Crippen molar-refractivity contribution in [2.45, 2.75) is 43.4 Å². The molecule has 0 saturated carbocycles. The summed E-state index contributed by atoms with van der Waals surface area (Å²) in [7, 11) is 0. The fourth-order valence-electron chi connectivity index (χ4n) is 4.76. The molecule has 8 nitrogen and oxygen atoms in total. The van der Waals surface area contributed by atoms with Crippen molar-refractivity contribution >= 4 is 10.9 Å². The van der Waals surface area contributed by atoms with Crippen LogP contribution < -0.4 is 10.1 Å². The molecule has 6 rings (SSSR count). The van der Waals surface area contributed by atoms with E-state index in [0.29, 0.717) is 39.7 Å². The summed E-state index contributed by atoms with van der Waals surface area (Å²) in [6.45, 7) is 0. The first-order chi connectivity index (χ1) is 15.5. The number of rotatable bonds is 4. The topological polar surface area (TPSA) is 104 Å². The molecule has 164 valence electrons. The molecule has 2 bridgehead atoms. The van der Waals surface area contributed by atoms with E-state index < -0.39 is 17.8 Å². The summed E-state index contributed by atoms with van der Waals surface area (Å²) in [5, 5.41) is 25.4. The number of H-pyrrole nitrogens is 2. The normalized spacial score (nSPS) is 24.2. The minimum atomic E-state index is -2.71. The van der Waals surface area contributed by atoms with Crippen molar-refractivity contribution in [3.05, 3.63) is 42.6 Å². The van der Waals surface area contributed by atoms with Gasteiger partial charge in [0.05, 0.1) is 29.6 Å². The number of nitrogens with zero attached hydrogens (tertiary/aromatic N) is 4. The maximum absolute atomic E-state index is 15.0. The van der Waals surface area contributed by atoms with Crippen LogP contribution in [0.4, 0.5) is 13.2 Å². The van der Waals surface area contributed by atoms with E-state index in [1.807, 2.05) is 0 Å². The Bertz CT molecular complexity index is 1270. The maximum Gasteiger partial charge on any atom is 0.264 e. The third-order valence-corrected chi connectivity index (χ3v) is 6.19. The lowest BCUT2D eigenvalue weighted by molar-refractivity contribution is -0.0195. The molecule has 5 heterocycles. The number of hydrogen-bond donors (Lipinski definition) is 3. The predicted molar refractivity (Wildman–Crippen MR) is 109 cm³/mol. The maximum atomic E-state index is 15.0. The minimum Gasteiger partial charge on any atom is -0.473 e. The third kappa shape index (κ3) is 3.11. The summed E-state index contributed by atoms with van der Waals surface area (Å²) in [6, 6.07) is 3.53. The summed E-state index contributed by atoms with van der Waals surface area (Å²) < 4.78 is 48.7. The van der Waals surface area contributed by atoms with Crippen molar-refractivity contribution in [2.75, 3.05) is 0 Å². The molecule has 0 radical (unpaired) electrons. The van der Waals surface area contributed by atoms with E-state index in [4.69, 9.17) is 4.74 Å². The largest absolute Gasteiger partial charge is 0.473 e. The van der Waals surface area contributed by atoms with E-state index in [-0.39, 0.29) is 30.9 Å². The third-order valence-electron chi connectivity index (χ3n) is 6.19. The van der Waals surface area contributed by atoms with Crippen LogP contribution in [-0.2, 0) is 0 Å². The molecule has 3 atom stereocenters. The Morgan fingerprint density at radius 3 is 2.75 bits per heavy atom. The molecule has 1 aromatic carbocycles. The molecule has 3 aromatic heterocycles. The highest BCUT2D eigenvalue weighted by molar-refractivity contribution is 6.02. The van der Waals surface area contributed by atoms with Crippen LogP contribution in [0.2, 0.25) is 0 Å². The summed E-state index contributed by atoms with van der Waals surface area (Å²) in [6.07, 6.45) is 4.89. The van der Waals surface area contributed by atoms with Gasteiger partial charge in [-0.3, -0.25) is 10.2 Å². The standard InChI is InChI=1S/C21H18F3N7O/c22-15-5-13(20-14(9-27-31-20)19(15)10-7-25-26-8-10)16-1-2-18(30-29-16)32-12-3-11-6-21(23,24)17(4-12)28-11/h1-2,5,7-9,11-12,17,28H,3-4,6H2,(H,25,26)(H,27,31)/t11-,12+,17+/m0/s1. The average Bonchev–Trinajstić information content (AvgIpc) is 3.49. The van der Waals surface area contributed by atoms with Crippen molar-refractivity contribution in [3.8, 4) is 28.3 Å². The minimum absolute atomic E-state index is 0.164. The molecule has 2 aliphatic rings. The fraction of sp³-hybridized carbons (Fsp3) is 0.333. The smallest absolute Gasteiger partial charge is 0.264 e. The monoisotopic (exact) mass is 441 g/mol. The molecule has 11 heteroatoms. The number of fused-ring (bicyclic) bond motifs is 3. The van der Waals surface area contributed by atoms with Gasteiger partial charge >= 0.3 is 0 Å². The molecular formula is C21H18F3N7O. The first kappa shape index (κ1) is 19.2. The van der Waals surface area contributed by atoms with Crippen LogP contribution in [-0.4, -0.2) is 54.7 Å². The van der Waals surface area contributed by atoms with Gasteiger partial charge in [-0.05, 0) is 18.6 Å². The van der Waals surface area contributed by atoms with Crippen LogP contribution in [0, 0.1) is 5.82 Å². The number of ether oxygens (including phenoxy) is 1. The lowest BCUT2D eigenvalue weighted by Crippen LogP contribution is -2.46. The Balaban J connectivity index is 1.27. The van der Waals surface area contributed by atoms with Crippen LogP contribution in [0.5, 0.6) is 5.88 Å². The Labute approximate surface area is 179 Å². The summed E-state index contributed by atoms with van der Waals surface area (Å²) in [4.78, 5) is 0. The number of benzene rings is 1. The number of nitrogens with one attached hydrogen (secondary N) is 3. The second-order valence-electron chi connectivity index (χ2n) is 8.28. The lowest BCUT2D eigenvalue weighted by atomic mass is 9.99. The zero-order valence-electron chi connectivity index (χ0n) is 16.6. The van der Waals surface area contributed by atoms with Crippen LogP contribution in [0.15, 0.2) is 36.8 Å². The van der Waals surface area contributed by atoms with E-state index in [2.05, 4.69) is 35.9 Å². The Morgan fingerprint density at radius 2 is 2.00 bits per heavy atom. The van der Waals surface area contributed by atoms with Gasteiger partial charge in [0.25, 0.3) is 5.92 Å². The fourth-order valence-corrected chi connectivity index (χ4v) is 4.76. The number of piperidine rings is 1. The SMILES string of the molecule is Fc1cc(-c2ccc(O[C@@H]3C[C@H]4CC(F)(F)[C@@H](C3)N4)nn2)c2[nH]ncc2c1-c1cn[nH]c1. The Kier molecular flexibility index (Phi) is 4.22. The Morgan fingerprint density at radius 1 is 1.09 bits per heavy atom. The first-order valence-electron chi connectivity index (χ1n) is 10.3. The van der Waals surface area contributed by atoms with Crippen molar-refractivity contribution in [3.63, 3.8) is 0 Å². The van der Waals surface area contributed by atoms with E-state index in [0.717, 1.165) is 0 Å². The van der Waals surface area contributed by atoms with Gasteiger partial charge in [0.15, 0.2) is 0 Å². The Hall–Kier alpha value is -3.47. The molecule has 4 aromatic rings. The zero-order chi connectivity index (χ0) is 21.9. The van der Waals surface area contributed by atoms with Gasteiger partial charge in [-0.2, -0.15) is 10.2 Å². The molecule has 32 heavy (non-hydrogen) atoms. The molecule has 0 aliphatic carbocycles. The highest BCUT2D eigenvalue weighted by Gasteiger charge is 2.53. The van der Waals surface area contributed by atoms with Crippen molar-refractivity contribution in [1.82, 2.24) is 35.9 Å². The van der Waals surface area contributed by atoms with Crippen molar-refractivity contribution in [1.29, 1.82) is 0 Å². The zero-order valence-corrected chi connectivity index (χ0v) is 16.6. The van der Waals surface area contributed by atoms with Crippen molar-refractivity contribution < 1.29 is 17.9 Å². The van der Waals surface area contributed by atoms with Crippen LogP contribution in [0.25, 0.3) is 33.3 Å². The predicted octanol–water partition coefficient (Wildman–Crippen LogP) is 3.46. The van der Waals surface area contributed by atoms with Gasteiger partial charge in [0, 0.05) is 53.2 Å². The molecule has 2 aliphatic heterocycles. The number of hydrogen-bond acceptors (Lipinski definition) is 6. The second kappa shape index (κ2) is 7.02. The van der Waals surface area contributed by atoms with Gasteiger partial charge in [-0.1, -0.05) is 0 Å². The quantitative estimate of drug-likeness (QED) is 0.448. The molecule has 3 N–H and O–H groups in total. The second-order valence-corrected chi connectivity index (χ2v) is 8.28. The molecule has 2 fully saturated rings. The summed E-state index contributed by atoms with van der Waals surface area (Å²) in [5.41, 5.74) is 2.54. The van der Waals surface area contributed by atoms with Crippen LogP contribution in [0.1, 0.15) is 19.3 Å². The van der Waals surface area contributed by atoms with E-state index in [1.54, 1.807) is 30.7 Å². The highest BCUT2D eigenvalue weighted by atomic mass is 19.3. The van der Waals surface area contributed by atoms with Gasteiger partial charge in [-0.25, -0.2) is 13.2 Å². The lowest BCUT2D eigenvalue weighted by Gasteiger charge is -2.29. The highest BCUT2D eigenvalue weighted by Crippen LogP contribution is 2.40. The molecule has 2 saturated heterocycles. The number of halogens is 3. The van der Waals surface area contributed by atoms with E-state index >= 15 is 4.39 Å². The summed E-state index contributed by atoms with van der Waals surface area (Å²) in [5.74, 6) is -2.90. The molecular weight excluding hydrogens is 423 g/mol. The van der Waals surface area contributed by atoms with Gasteiger partial charge in [0.1, 0.15) is 11.9 Å². The van der Waals surface area contributed by atoms with Gasteiger partial charge in [-0.15, -0.1) is 10.2 Å². The van der Waals surface area contributed by atoms with E-state index in [9.17, 15) is 8.78 Å². The number of aromatic nitrogens is 6. The van der Waals surface area contributed by atoms with Gasteiger partial charge < -0.3 is 10.1 Å². The first-order valence-corrected chi connectivity index (χ1v) is 10.3. The number of alkyl halides is 2. The average molecular weight is 441 g/mol. The van der Waals surface area contributed by atoms with Crippen LogP contribution in [0.3, 0.4) is 0 Å².